The van der Waals surface area contributed by atoms with Gasteiger partial charge in [0.1, 0.15) is 0 Å². The zero-order chi connectivity index (χ0) is 14.9. The summed E-state index contributed by atoms with van der Waals surface area (Å²) in [5.74, 6) is 6.71. The molecule has 5 unspecified atom stereocenters. The van der Waals surface area contributed by atoms with E-state index < -0.39 is 0 Å². The summed E-state index contributed by atoms with van der Waals surface area (Å²) in [6.45, 7) is 10.8. The molecule has 2 heterocycles. The monoisotopic (exact) mass is 280 g/mol. The van der Waals surface area contributed by atoms with Gasteiger partial charge in [0, 0.05) is 30.6 Å². The molecule has 0 aliphatic carbocycles. The molecule has 5 heteroatoms. The third-order valence-corrected chi connectivity index (χ3v) is 4.62. The molecule has 5 atom stereocenters. The second-order valence-electron chi connectivity index (χ2n) is 6.34. The first-order valence-corrected chi connectivity index (χ1v) is 7.59. The van der Waals surface area contributed by atoms with Crippen LogP contribution in [0.2, 0.25) is 0 Å². The summed E-state index contributed by atoms with van der Waals surface area (Å²) in [6, 6.07) is 2.67. The Balaban J connectivity index is 2.08. The minimum absolute atomic E-state index is 0.195. The van der Waals surface area contributed by atoms with E-state index in [1.807, 2.05) is 10.9 Å². The van der Waals surface area contributed by atoms with Crippen molar-refractivity contribution in [1.29, 1.82) is 0 Å². The van der Waals surface area contributed by atoms with Gasteiger partial charge in [0.05, 0.1) is 17.9 Å². The van der Waals surface area contributed by atoms with Crippen LogP contribution in [0.15, 0.2) is 12.3 Å². The van der Waals surface area contributed by atoms with Gasteiger partial charge in [-0.1, -0.05) is 6.92 Å². The van der Waals surface area contributed by atoms with Gasteiger partial charge >= 0.3 is 0 Å². The Bertz CT molecular complexity index is 431. The number of hydrogen-bond acceptors (Lipinski definition) is 4. The molecule has 1 aliphatic heterocycles. The van der Waals surface area contributed by atoms with Gasteiger partial charge in [-0.3, -0.25) is 16.0 Å². The number of nitrogens with two attached hydrogens (primary N) is 1. The fourth-order valence-corrected chi connectivity index (χ4v) is 3.29. The summed E-state index contributed by atoms with van der Waals surface area (Å²) in [6.07, 6.45) is 3.40. The van der Waals surface area contributed by atoms with Gasteiger partial charge < -0.3 is 4.74 Å². The SMILES string of the molecule is CC1OC(C)C(C(Cc2ccn(C(C)C)n2)NN)C1C. The average molecular weight is 280 g/mol. The molecular weight excluding hydrogens is 252 g/mol. The first kappa shape index (κ1) is 15.5. The summed E-state index contributed by atoms with van der Waals surface area (Å²) in [4.78, 5) is 0. The highest BCUT2D eigenvalue weighted by Crippen LogP contribution is 2.35. The van der Waals surface area contributed by atoms with Crippen LogP contribution in [0.3, 0.4) is 0 Å². The summed E-state index contributed by atoms with van der Waals surface area (Å²) in [5.41, 5.74) is 4.07. The predicted molar refractivity (Wildman–Crippen MR) is 80.1 cm³/mol. The van der Waals surface area contributed by atoms with E-state index in [1.54, 1.807) is 0 Å². The van der Waals surface area contributed by atoms with Gasteiger partial charge in [-0.25, -0.2) is 0 Å². The summed E-state index contributed by atoms with van der Waals surface area (Å²) < 4.78 is 7.92. The van der Waals surface area contributed by atoms with Crippen molar-refractivity contribution in [2.45, 2.75) is 65.3 Å². The Morgan fingerprint density at radius 2 is 2.05 bits per heavy atom. The van der Waals surface area contributed by atoms with Crippen LogP contribution in [-0.4, -0.2) is 28.0 Å². The van der Waals surface area contributed by atoms with Crippen molar-refractivity contribution < 1.29 is 4.74 Å². The van der Waals surface area contributed by atoms with E-state index in [0.717, 1.165) is 12.1 Å². The summed E-state index contributed by atoms with van der Waals surface area (Å²) >= 11 is 0. The van der Waals surface area contributed by atoms with E-state index in [0.29, 0.717) is 24.0 Å². The lowest BCUT2D eigenvalue weighted by molar-refractivity contribution is 0.0475. The fraction of sp³-hybridized carbons (Fsp3) is 0.800. The average Bonchev–Trinajstić information content (AvgIpc) is 2.94. The standard InChI is InChI=1S/C15H28N4O/c1-9(2)19-7-6-13(18-19)8-14(17-16)15-10(3)11(4)20-12(15)5/h6-7,9-12,14-15,17H,8,16H2,1-5H3. The number of nitrogens with one attached hydrogen (secondary N) is 1. The van der Waals surface area contributed by atoms with Crippen LogP contribution in [0.25, 0.3) is 0 Å². The quantitative estimate of drug-likeness (QED) is 0.638. The van der Waals surface area contributed by atoms with Gasteiger partial charge in [-0.05, 0) is 39.7 Å². The topological polar surface area (TPSA) is 65.1 Å². The molecule has 1 aliphatic rings. The van der Waals surface area contributed by atoms with Crippen LogP contribution in [0, 0.1) is 11.8 Å². The minimum Gasteiger partial charge on any atom is -0.375 e. The molecule has 5 nitrogen and oxygen atoms in total. The number of hydrogen-bond donors (Lipinski definition) is 2. The van der Waals surface area contributed by atoms with Crippen molar-refractivity contribution >= 4 is 0 Å². The molecule has 0 bridgehead atoms. The van der Waals surface area contributed by atoms with E-state index in [4.69, 9.17) is 10.6 Å². The molecule has 1 aromatic heterocycles. The van der Waals surface area contributed by atoms with Gasteiger partial charge in [0.2, 0.25) is 0 Å². The van der Waals surface area contributed by atoms with Crippen molar-refractivity contribution in [3.8, 4) is 0 Å². The fourth-order valence-electron chi connectivity index (χ4n) is 3.29. The normalized spacial score (nSPS) is 31.9. The van der Waals surface area contributed by atoms with E-state index in [9.17, 15) is 0 Å². The van der Waals surface area contributed by atoms with E-state index in [2.05, 4.69) is 51.2 Å². The maximum Gasteiger partial charge on any atom is 0.0640 e. The van der Waals surface area contributed by atoms with Crippen LogP contribution >= 0.6 is 0 Å². The Labute approximate surface area is 121 Å². The largest absolute Gasteiger partial charge is 0.375 e. The molecule has 0 radical (unpaired) electrons. The van der Waals surface area contributed by atoms with Crippen molar-refractivity contribution in [3.05, 3.63) is 18.0 Å². The van der Waals surface area contributed by atoms with Gasteiger partial charge in [-0.15, -0.1) is 0 Å². The lowest BCUT2D eigenvalue weighted by Crippen LogP contribution is -2.46. The first-order valence-electron chi connectivity index (χ1n) is 7.59. The van der Waals surface area contributed by atoms with E-state index in [1.165, 1.54) is 0 Å². The Morgan fingerprint density at radius 3 is 2.50 bits per heavy atom. The number of hydrazine groups is 1. The molecule has 1 fully saturated rings. The molecule has 114 valence electrons. The Kier molecular flexibility index (Phi) is 4.83. The van der Waals surface area contributed by atoms with Crippen LogP contribution < -0.4 is 11.3 Å². The molecule has 20 heavy (non-hydrogen) atoms. The second kappa shape index (κ2) is 6.24. The highest BCUT2D eigenvalue weighted by atomic mass is 16.5. The molecule has 0 saturated carbocycles. The number of ether oxygens (including phenoxy) is 1. The van der Waals surface area contributed by atoms with Crippen LogP contribution in [0.1, 0.15) is 46.4 Å². The first-order chi connectivity index (χ1) is 9.43. The Hall–Kier alpha value is -0.910. The molecule has 0 amide bonds. The van der Waals surface area contributed by atoms with E-state index in [-0.39, 0.29) is 12.1 Å². The Morgan fingerprint density at radius 1 is 1.35 bits per heavy atom. The zero-order valence-corrected chi connectivity index (χ0v) is 13.2. The van der Waals surface area contributed by atoms with Crippen molar-refractivity contribution in [3.63, 3.8) is 0 Å². The van der Waals surface area contributed by atoms with Gasteiger partial charge in [-0.2, -0.15) is 5.10 Å². The third kappa shape index (κ3) is 3.05. The summed E-state index contributed by atoms with van der Waals surface area (Å²) in [7, 11) is 0. The zero-order valence-electron chi connectivity index (χ0n) is 13.2. The lowest BCUT2D eigenvalue weighted by atomic mass is 9.82. The lowest BCUT2D eigenvalue weighted by Gasteiger charge is -2.27. The molecule has 2 rings (SSSR count). The maximum atomic E-state index is 5.93. The van der Waals surface area contributed by atoms with Crippen LogP contribution in [0.4, 0.5) is 0 Å². The number of aromatic nitrogens is 2. The highest BCUT2D eigenvalue weighted by molar-refractivity contribution is 5.04. The van der Waals surface area contributed by atoms with E-state index >= 15 is 0 Å². The number of nitrogens with zero attached hydrogens (tertiary/aromatic N) is 2. The minimum atomic E-state index is 0.195. The smallest absolute Gasteiger partial charge is 0.0640 e. The second-order valence-corrected chi connectivity index (χ2v) is 6.34. The third-order valence-electron chi connectivity index (χ3n) is 4.62. The number of rotatable bonds is 5. The van der Waals surface area contributed by atoms with Crippen LogP contribution in [0.5, 0.6) is 0 Å². The summed E-state index contributed by atoms with van der Waals surface area (Å²) in [5, 5.41) is 4.62. The molecular formula is C15H28N4O. The maximum absolute atomic E-state index is 5.93. The van der Waals surface area contributed by atoms with Crippen LogP contribution in [-0.2, 0) is 11.2 Å². The van der Waals surface area contributed by atoms with Crippen molar-refractivity contribution in [2.24, 2.45) is 17.7 Å². The van der Waals surface area contributed by atoms with Crippen molar-refractivity contribution in [1.82, 2.24) is 15.2 Å². The molecule has 0 aromatic carbocycles. The van der Waals surface area contributed by atoms with Gasteiger partial charge in [0.15, 0.2) is 0 Å². The van der Waals surface area contributed by atoms with Crippen molar-refractivity contribution in [2.75, 3.05) is 0 Å². The molecule has 0 spiro atoms. The van der Waals surface area contributed by atoms with Gasteiger partial charge in [0.25, 0.3) is 0 Å². The molecule has 1 saturated heterocycles. The highest BCUT2D eigenvalue weighted by Gasteiger charge is 2.41. The predicted octanol–water partition coefficient (Wildman–Crippen LogP) is 1.90. The molecule has 3 N–H and O–H groups in total. The molecule has 1 aromatic rings.